The minimum atomic E-state index is -3.13. The van der Waals surface area contributed by atoms with Crippen molar-refractivity contribution in [2.24, 2.45) is 0 Å². The molecule has 0 saturated carbocycles. The fraction of sp³-hybridized carbons (Fsp3) is 0.353. The van der Waals surface area contributed by atoms with Gasteiger partial charge < -0.3 is 4.90 Å². The summed E-state index contributed by atoms with van der Waals surface area (Å²) in [5, 5.41) is -0.480. The molecular weight excluding hydrogens is 326 g/mol. The zero-order valence-corrected chi connectivity index (χ0v) is 14.5. The first-order chi connectivity index (χ1) is 11.4. The number of carbonyl (C=O) groups excluding carboxylic acids is 1. The van der Waals surface area contributed by atoms with Crippen molar-refractivity contribution < 1.29 is 13.2 Å². The van der Waals surface area contributed by atoms with E-state index in [1.165, 1.54) is 12.5 Å². The van der Waals surface area contributed by atoms with Crippen molar-refractivity contribution in [2.75, 3.05) is 19.3 Å². The first-order valence-corrected chi connectivity index (χ1v) is 9.69. The Labute approximate surface area is 141 Å². The van der Waals surface area contributed by atoms with E-state index >= 15 is 0 Å². The summed E-state index contributed by atoms with van der Waals surface area (Å²) < 4.78 is 23.3. The Morgan fingerprint density at radius 1 is 1.25 bits per heavy atom. The largest absolute Gasteiger partial charge is 0.337 e. The lowest BCUT2D eigenvalue weighted by Crippen LogP contribution is -2.32. The van der Waals surface area contributed by atoms with Gasteiger partial charge in [-0.15, -0.1) is 0 Å². The number of benzene rings is 1. The summed E-state index contributed by atoms with van der Waals surface area (Å²) in [5.41, 5.74) is 1.90. The van der Waals surface area contributed by atoms with Gasteiger partial charge in [0.1, 0.15) is 0 Å². The average Bonchev–Trinajstić information content (AvgIpc) is 3.05. The van der Waals surface area contributed by atoms with Gasteiger partial charge in [0, 0.05) is 31.1 Å². The third-order valence-corrected chi connectivity index (χ3v) is 5.88. The van der Waals surface area contributed by atoms with E-state index in [4.69, 9.17) is 0 Å². The molecule has 24 heavy (non-hydrogen) atoms. The number of aromatic nitrogens is 2. The molecule has 1 atom stereocenters. The summed E-state index contributed by atoms with van der Waals surface area (Å²) in [6, 6.07) is 9.55. The summed E-state index contributed by atoms with van der Waals surface area (Å²) >= 11 is 0. The molecule has 1 aromatic heterocycles. The van der Waals surface area contributed by atoms with Crippen LogP contribution >= 0.6 is 0 Å². The molecule has 1 fully saturated rings. The minimum absolute atomic E-state index is 0.210. The Morgan fingerprint density at radius 2 is 1.96 bits per heavy atom. The highest BCUT2D eigenvalue weighted by molar-refractivity contribution is 7.91. The topological polar surface area (TPSA) is 80.2 Å². The second-order valence-electron chi connectivity index (χ2n) is 6.05. The SMILES string of the molecule is Cc1nc(-c2ccccc2)ncc1C(=O)N1CCC(S(C)(=O)=O)C1. The van der Waals surface area contributed by atoms with Gasteiger partial charge in [-0.3, -0.25) is 4.79 Å². The fourth-order valence-corrected chi connectivity index (χ4v) is 3.82. The predicted molar refractivity (Wildman–Crippen MR) is 91.4 cm³/mol. The van der Waals surface area contributed by atoms with E-state index in [0.29, 0.717) is 30.0 Å². The standard InChI is InChI=1S/C17H19N3O3S/c1-12-15(10-18-16(19-12)13-6-4-3-5-7-13)17(21)20-9-8-14(11-20)24(2,22)23/h3-7,10,14H,8-9,11H2,1-2H3. The Balaban J connectivity index is 1.82. The zero-order valence-electron chi connectivity index (χ0n) is 13.6. The molecule has 1 saturated heterocycles. The van der Waals surface area contributed by atoms with Crippen LogP contribution in [0.3, 0.4) is 0 Å². The van der Waals surface area contributed by atoms with E-state index < -0.39 is 15.1 Å². The summed E-state index contributed by atoms with van der Waals surface area (Å²) in [6.07, 6.45) is 3.22. The molecule has 0 N–H and O–H groups in total. The van der Waals surface area contributed by atoms with Crippen LogP contribution in [-0.2, 0) is 9.84 Å². The van der Waals surface area contributed by atoms with Crippen LogP contribution in [0.4, 0.5) is 0 Å². The highest BCUT2D eigenvalue weighted by atomic mass is 32.2. The van der Waals surface area contributed by atoms with Crippen LogP contribution in [0.5, 0.6) is 0 Å². The highest BCUT2D eigenvalue weighted by Gasteiger charge is 2.33. The summed E-state index contributed by atoms with van der Waals surface area (Å²) in [6.45, 7) is 2.44. The van der Waals surface area contributed by atoms with Gasteiger partial charge in [-0.2, -0.15) is 0 Å². The number of sulfone groups is 1. The number of amides is 1. The second-order valence-corrected chi connectivity index (χ2v) is 8.38. The average molecular weight is 345 g/mol. The van der Waals surface area contributed by atoms with Crippen molar-refractivity contribution in [1.82, 2.24) is 14.9 Å². The van der Waals surface area contributed by atoms with E-state index in [2.05, 4.69) is 9.97 Å². The zero-order chi connectivity index (χ0) is 17.3. The molecule has 0 spiro atoms. The summed E-state index contributed by atoms with van der Waals surface area (Å²) in [7, 11) is -3.13. The quantitative estimate of drug-likeness (QED) is 0.846. The smallest absolute Gasteiger partial charge is 0.257 e. The molecule has 0 radical (unpaired) electrons. The monoisotopic (exact) mass is 345 g/mol. The van der Waals surface area contributed by atoms with Crippen LogP contribution in [0, 0.1) is 6.92 Å². The highest BCUT2D eigenvalue weighted by Crippen LogP contribution is 2.21. The number of carbonyl (C=O) groups is 1. The number of hydrogen-bond acceptors (Lipinski definition) is 5. The van der Waals surface area contributed by atoms with Crippen molar-refractivity contribution in [3.05, 3.63) is 47.8 Å². The van der Waals surface area contributed by atoms with E-state index in [1.54, 1.807) is 11.8 Å². The maximum atomic E-state index is 12.6. The fourth-order valence-electron chi connectivity index (χ4n) is 2.84. The van der Waals surface area contributed by atoms with Gasteiger partial charge in [0.2, 0.25) is 0 Å². The lowest BCUT2D eigenvalue weighted by Gasteiger charge is -2.17. The van der Waals surface area contributed by atoms with Crippen molar-refractivity contribution in [2.45, 2.75) is 18.6 Å². The minimum Gasteiger partial charge on any atom is -0.337 e. The number of nitrogens with zero attached hydrogens (tertiary/aromatic N) is 3. The van der Waals surface area contributed by atoms with Crippen LogP contribution in [0.2, 0.25) is 0 Å². The number of hydrogen-bond donors (Lipinski definition) is 0. The van der Waals surface area contributed by atoms with Gasteiger partial charge in [-0.1, -0.05) is 30.3 Å². The van der Waals surface area contributed by atoms with E-state index in [-0.39, 0.29) is 12.5 Å². The first kappa shape index (κ1) is 16.6. The molecule has 1 amide bonds. The number of rotatable bonds is 3. The van der Waals surface area contributed by atoms with Crippen LogP contribution in [-0.4, -0.2) is 53.8 Å². The maximum absolute atomic E-state index is 12.6. The predicted octanol–water partition coefficient (Wildman–Crippen LogP) is 1.71. The van der Waals surface area contributed by atoms with Crippen LogP contribution in [0.15, 0.2) is 36.5 Å². The van der Waals surface area contributed by atoms with Crippen molar-refractivity contribution >= 4 is 15.7 Å². The molecule has 3 rings (SSSR count). The third-order valence-electron chi connectivity index (χ3n) is 4.28. The Morgan fingerprint density at radius 3 is 2.54 bits per heavy atom. The molecule has 7 heteroatoms. The van der Waals surface area contributed by atoms with Gasteiger partial charge in [0.25, 0.3) is 5.91 Å². The van der Waals surface area contributed by atoms with Crippen molar-refractivity contribution in [3.8, 4) is 11.4 Å². The molecule has 126 valence electrons. The van der Waals surface area contributed by atoms with E-state index in [0.717, 1.165) is 5.56 Å². The lowest BCUT2D eigenvalue weighted by atomic mass is 10.1. The molecule has 1 unspecified atom stereocenters. The van der Waals surface area contributed by atoms with Crippen LogP contribution in [0.25, 0.3) is 11.4 Å². The normalized spacial score (nSPS) is 17.9. The maximum Gasteiger partial charge on any atom is 0.257 e. The van der Waals surface area contributed by atoms with Gasteiger partial charge >= 0.3 is 0 Å². The Bertz CT molecular complexity index is 866. The Hall–Kier alpha value is -2.28. The molecule has 6 nitrogen and oxygen atoms in total. The second kappa shape index (κ2) is 6.32. The third kappa shape index (κ3) is 3.31. The molecule has 2 heterocycles. The number of likely N-dealkylation sites (tertiary alicyclic amines) is 1. The Kier molecular flexibility index (Phi) is 4.36. The first-order valence-electron chi connectivity index (χ1n) is 7.73. The molecular formula is C17H19N3O3S. The molecule has 2 aromatic rings. The summed E-state index contributed by atoms with van der Waals surface area (Å²) in [4.78, 5) is 22.9. The van der Waals surface area contributed by atoms with E-state index in [1.807, 2.05) is 30.3 Å². The van der Waals surface area contributed by atoms with E-state index in [9.17, 15) is 13.2 Å². The van der Waals surface area contributed by atoms with Gasteiger partial charge in [0.15, 0.2) is 15.7 Å². The number of aryl methyl sites for hydroxylation is 1. The van der Waals surface area contributed by atoms with Gasteiger partial charge in [0.05, 0.1) is 16.5 Å². The molecule has 1 aliphatic rings. The molecule has 0 bridgehead atoms. The lowest BCUT2D eigenvalue weighted by molar-refractivity contribution is 0.0791. The van der Waals surface area contributed by atoms with Gasteiger partial charge in [-0.05, 0) is 13.3 Å². The molecule has 0 aliphatic carbocycles. The molecule has 1 aliphatic heterocycles. The van der Waals surface area contributed by atoms with Crippen LogP contribution < -0.4 is 0 Å². The van der Waals surface area contributed by atoms with Gasteiger partial charge in [-0.25, -0.2) is 18.4 Å². The van der Waals surface area contributed by atoms with Crippen molar-refractivity contribution in [1.29, 1.82) is 0 Å². The molecule has 1 aromatic carbocycles. The summed E-state index contributed by atoms with van der Waals surface area (Å²) in [5.74, 6) is 0.360. The van der Waals surface area contributed by atoms with Crippen molar-refractivity contribution in [3.63, 3.8) is 0 Å². The van der Waals surface area contributed by atoms with Crippen LogP contribution in [0.1, 0.15) is 22.5 Å².